The molecule has 1 heteroatoms. The Balaban J connectivity index is 2.71. The molecule has 0 amide bonds. The Morgan fingerprint density at radius 3 is 2.25 bits per heavy atom. The quantitative estimate of drug-likeness (QED) is 0.708. The monoisotopic (exact) mass is 163 g/mol. The first-order valence-corrected chi connectivity index (χ1v) is 4.11. The Morgan fingerprint density at radius 1 is 1.33 bits per heavy atom. The highest BCUT2D eigenvalue weighted by Crippen LogP contribution is 2.12. The predicted octanol–water partition coefficient (Wildman–Crippen LogP) is 2.12. The molecule has 0 aliphatic rings. The molecule has 65 valence electrons. The van der Waals surface area contributed by atoms with E-state index in [0.29, 0.717) is 6.42 Å². The smallest absolute Gasteiger partial charge is 0.0661 e. The molecule has 0 fully saturated rings. The predicted molar refractivity (Wildman–Crippen MR) is 50.9 cm³/mol. The summed E-state index contributed by atoms with van der Waals surface area (Å²) < 4.78 is 0. The fourth-order valence-electron chi connectivity index (χ4n) is 1.15. The van der Waals surface area contributed by atoms with Crippen molar-refractivity contribution in [1.82, 2.24) is 0 Å². The lowest BCUT2D eigenvalue weighted by atomic mass is 9.98. The first-order valence-electron chi connectivity index (χ1n) is 4.11. The van der Waals surface area contributed by atoms with Crippen molar-refractivity contribution >= 4 is 0 Å². The van der Waals surface area contributed by atoms with Gasteiger partial charge in [0.15, 0.2) is 0 Å². The molecule has 1 rings (SSSR count). The van der Waals surface area contributed by atoms with Gasteiger partial charge in [0.05, 0.1) is 5.60 Å². The molecule has 1 radical (unpaired) electrons. The van der Waals surface area contributed by atoms with E-state index in [1.54, 1.807) is 6.92 Å². The van der Waals surface area contributed by atoms with E-state index in [1.165, 1.54) is 5.56 Å². The molecule has 1 unspecified atom stereocenters. The molecule has 1 aromatic rings. The molecular weight excluding hydrogens is 148 g/mol. The fourth-order valence-corrected chi connectivity index (χ4v) is 1.15. The van der Waals surface area contributed by atoms with E-state index in [2.05, 4.69) is 6.92 Å². The maximum atomic E-state index is 9.43. The first kappa shape index (κ1) is 9.27. The summed E-state index contributed by atoms with van der Waals surface area (Å²) in [5.74, 6) is 0. The van der Waals surface area contributed by atoms with Crippen LogP contribution in [0.4, 0.5) is 0 Å². The third-order valence-corrected chi connectivity index (χ3v) is 1.71. The Hall–Kier alpha value is -0.820. The van der Waals surface area contributed by atoms with Crippen LogP contribution in [0.2, 0.25) is 0 Å². The minimum atomic E-state index is -0.852. The first-order chi connectivity index (χ1) is 5.47. The molecule has 0 spiro atoms. The van der Waals surface area contributed by atoms with Gasteiger partial charge in [-0.1, -0.05) is 29.8 Å². The van der Waals surface area contributed by atoms with Crippen LogP contribution in [-0.4, -0.2) is 10.7 Å². The summed E-state index contributed by atoms with van der Waals surface area (Å²) in [6.07, 6.45) is 0.604. The van der Waals surface area contributed by atoms with Gasteiger partial charge in [0.25, 0.3) is 0 Å². The van der Waals surface area contributed by atoms with Gasteiger partial charge in [-0.05, 0) is 26.3 Å². The topological polar surface area (TPSA) is 20.2 Å². The van der Waals surface area contributed by atoms with Crippen LogP contribution < -0.4 is 0 Å². The van der Waals surface area contributed by atoms with Crippen LogP contribution in [0.15, 0.2) is 24.3 Å². The highest BCUT2D eigenvalue weighted by atomic mass is 16.3. The minimum Gasteiger partial charge on any atom is -0.390 e. The number of aryl methyl sites for hydroxylation is 1. The zero-order chi connectivity index (χ0) is 9.19. The van der Waals surface area contributed by atoms with E-state index in [9.17, 15) is 5.11 Å². The molecule has 0 heterocycles. The van der Waals surface area contributed by atoms with Crippen molar-refractivity contribution < 1.29 is 5.11 Å². The normalized spacial score (nSPS) is 11.7. The number of hydrogen-bond acceptors (Lipinski definition) is 1. The Kier molecular flexibility index (Phi) is 2.53. The van der Waals surface area contributed by atoms with Crippen molar-refractivity contribution in [3.05, 3.63) is 42.3 Å². The maximum absolute atomic E-state index is 9.43. The van der Waals surface area contributed by atoms with Crippen molar-refractivity contribution in [2.75, 3.05) is 0 Å². The Bertz CT molecular complexity index is 241. The average molecular weight is 163 g/mol. The molecule has 0 saturated heterocycles. The van der Waals surface area contributed by atoms with Crippen LogP contribution in [0.1, 0.15) is 18.1 Å². The van der Waals surface area contributed by atoms with Crippen molar-refractivity contribution in [3.8, 4) is 0 Å². The number of hydrogen-bond donors (Lipinski definition) is 1. The summed E-state index contributed by atoms with van der Waals surface area (Å²) >= 11 is 0. The molecule has 12 heavy (non-hydrogen) atoms. The van der Waals surface area contributed by atoms with E-state index < -0.39 is 5.60 Å². The van der Waals surface area contributed by atoms with Crippen molar-refractivity contribution in [2.45, 2.75) is 25.9 Å². The van der Waals surface area contributed by atoms with E-state index in [-0.39, 0.29) is 0 Å². The van der Waals surface area contributed by atoms with Crippen molar-refractivity contribution in [1.29, 1.82) is 0 Å². The molecule has 0 aromatic heterocycles. The highest BCUT2D eigenvalue weighted by Gasteiger charge is 2.12. The van der Waals surface area contributed by atoms with Crippen LogP contribution in [0, 0.1) is 13.8 Å². The van der Waals surface area contributed by atoms with E-state index >= 15 is 0 Å². The van der Waals surface area contributed by atoms with Gasteiger partial charge >= 0.3 is 0 Å². The van der Waals surface area contributed by atoms with E-state index in [1.807, 2.05) is 31.2 Å². The number of benzene rings is 1. The lowest BCUT2D eigenvalue weighted by Crippen LogP contribution is -2.22. The van der Waals surface area contributed by atoms with Gasteiger partial charge < -0.3 is 5.11 Å². The third kappa shape index (κ3) is 3.05. The summed E-state index contributed by atoms with van der Waals surface area (Å²) in [5, 5.41) is 9.43. The molecule has 0 aliphatic carbocycles. The Labute approximate surface area is 74.1 Å². The second kappa shape index (κ2) is 3.28. The SMILES string of the molecule is [CH2]C(C)(O)Cc1ccc(C)cc1. The second-order valence-electron chi connectivity index (χ2n) is 3.66. The molecule has 0 saturated carbocycles. The zero-order valence-corrected chi connectivity index (χ0v) is 7.67. The largest absolute Gasteiger partial charge is 0.390 e. The van der Waals surface area contributed by atoms with Crippen LogP contribution in [-0.2, 0) is 6.42 Å². The lowest BCUT2D eigenvalue weighted by molar-refractivity contribution is 0.109. The van der Waals surface area contributed by atoms with Gasteiger partial charge in [0, 0.05) is 6.42 Å². The standard InChI is InChI=1S/C11H15O/c1-9-4-6-10(7-5-9)8-11(2,3)12/h4-7,12H,2,8H2,1,3H3. The third-order valence-electron chi connectivity index (χ3n) is 1.71. The fraction of sp³-hybridized carbons (Fsp3) is 0.364. The maximum Gasteiger partial charge on any atom is 0.0661 e. The summed E-state index contributed by atoms with van der Waals surface area (Å²) in [6, 6.07) is 8.13. The van der Waals surface area contributed by atoms with Gasteiger partial charge in [0.1, 0.15) is 0 Å². The number of rotatable bonds is 2. The van der Waals surface area contributed by atoms with Crippen LogP contribution >= 0.6 is 0 Å². The molecular formula is C11H15O. The van der Waals surface area contributed by atoms with Gasteiger partial charge in [-0.15, -0.1) is 0 Å². The van der Waals surface area contributed by atoms with Gasteiger partial charge in [-0.25, -0.2) is 0 Å². The number of aliphatic hydroxyl groups is 1. The summed E-state index contributed by atoms with van der Waals surface area (Å²) in [6.45, 7) is 7.41. The minimum absolute atomic E-state index is 0.604. The van der Waals surface area contributed by atoms with Crippen LogP contribution in [0.25, 0.3) is 0 Å². The van der Waals surface area contributed by atoms with Crippen molar-refractivity contribution in [2.24, 2.45) is 0 Å². The summed E-state index contributed by atoms with van der Waals surface area (Å²) in [4.78, 5) is 0. The van der Waals surface area contributed by atoms with E-state index in [0.717, 1.165) is 5.56 Å². The van der Waals surface area contributed by atoms with E-state index in [4.69, 9.17) is 0 Å². The molecule has 1 atom stereocenters. The van der Waals surface area contributed by atoms with Gasteiger partial charge in [0.2, 0.25) is 0 Å². The molecule has 1 aromatic carbocycles. The van der Waals surface area contributed by atoms with Crippen LogP contribution in [0.5, 0.6) is 0 Å². The molecule has 1 N–H and O–H groups in total. The highest BCUT2D eigenvalue weighted by molar-refractivity contribution is 5.22. The second-order valence-corrected chi connectivity index (χ2v) is 3.66. The van der Waals surface area contributed by atoms with Gasteiger partial charge in [-0.3, -0.25) is 0 Å². The van der Waals surface area contributed by atoms with Crippen LogP contribution in [0.3, 0.4) is 0 Å². The zero-order valence-electron chi connectivity index (χ0n) is 7.67. The van der Waals surface area contributed by atoms with Gasteiger partial charge in [-0.2, -0.15) is 0 Å². The molecule has 1 nitrogen and oxygen atoms in total. The molecule has 0 aliphatic heterocycles. The van der Waals surface area contributed by atoms with Crippen molar-refractivity contribution in [3.63, 3.8) is 0 Å². The lowest BCUT2D eigenvalue weighted by Gasteiger charge is -2.16. The average Bonchev–Trinajstić information content (AvgIpc) is 1.91. The summed E-state index contributed by atoms with van der Waals surface area (Å²) in [7, 11) is 0. The Morgan fingerprint density at radius 2 is 1.83 bits per heavy atom. The molecule has 0 bridgehead atoms. The summed E-state index contributed by atoms with van der Waals surface area (Å²) in [5.41, 5.74) is 1.51.